The van der Waals surface area contributed by atoms with Crippen LogP contribution in [0.3, 0.4) is 0 Å². The van der Waals surface area contributed by atoms with Crippen molar-refractivity contribution in [1.29, 1.82) is 0 Å². The minimum absolute atomic E-state index is 0.715. The van der Waals surface area contributed by atoms with Gasteiger partial charge in [0.1, 0.15) is 0 Å². The molecule has 4 N–H and O–H groups in total. The Bertz CT molecular complexity index is 773. The zero-order chi connectivity index (χ0) is 15.4. The Morgan fingerprint density at radius 3 is 1.23 bits per heavy atom. The molecule has 0 atom stereocenters. The Morgan fingerprint density at radius 1 is 0.455 bits per heavy atom. The average Bonchev–Trinajstić information content (AvgIpc) is 2.56. The second-order valence-corrected chi connectivity index (χ2v) is 4.96. The minimum atomic E-state index is 0.715. The first-order valence-corrected chi connectivity index (χ1v) is 6.94. The first kappa shape index (κ1) is 13.8. The molecule has 3 rings (SSSR count). The summed E-state index contributed by atoms with van der Waals surface area (Å²) in [4.78, 5) is 0. The second kappa shape index (κ2) is 6.10. The van der Waals surface area contributed by atoms with Crippen LogP contribution in [0, 0.1) is 0 Å². The van der Waals surface area contributed by atoms with Crippen LogP contribution in [-0.4, -0.2) is 0 Å². The molecule has 0 heterocycles. The first-order chi connectivity index (χ1) is 10.7. The van der Waals surface area contributed by atoms with Gasteiger partial charge in [-0.25, -0.2) is 0 Å². The number of nitrogens with zero attached hydrogens (tertiary/aromatic N) is 2. The summed E-state index contributed by atoms with van der Waals surface area (Å²) >= 11 is 0. The van der Waals surface area contributed by atoms with Gasteiger partial charge in [-0.05, 0) is 59.7 Å². The fourth-order valence-electron chi connectivity index (χ4n) is 2.05. The molecule has 0 bridgehead atoms. The van der Waals surface area contributed by atoms with Crippen molar-refractivity contribution in [3.63, 3.8) is 0 Å². The number of hydrogen-bond acceptors (Lipinski definition) is 4. The Hall–Kier alpha value is -3.14. The van der Waals surface area contributed by atoms with E-state index in [0.29, 0.717) is 5.69 Å². The van der Waals surface area contributed by atoms with E-state index in [9.17, 15) is 0 Å². The van der Waals surface area contributed by atoms with Gasteiger partial charge in [-0.2, -0.15) is 10.2 Å². The number of nitrogen functional groups attached to an aromatic ring is 2. The lowest BCUT2D eigenvalue weighted by Gasteiger charge is -2.02. The predicted molar refractivity (Wildman–Crippen MR) is 91.3 cm³/mol. The highest BCUT2D eigenvalue weighted by Crippen LogP contribution is 2.25. The molecular weight excluding hydrogens is 272 g/mol. The van der Waals surface area contributed by atoms with Gasteiger partial charge in [0.2, 0.25) is 0 Å². The Kier molecular flexibility index (Phi) is 3.83. The van der Waals surface area contributed by atoms with Crippen molar-refractivity contribution in [2.24, 2.45) is 10.2 Å². The lowest BCUT2D eigenvalue weighted by atomic mass is 10.1. The highest BCUT2D eigenvalue weighted by molar-refractivity contribution is 5.67. The summed E-state index contributed by atoms with van der Waals surface area (Å²) in [6, 6.07) is 23.0. The van der Waals surface area contributed by atoms with E-state index >= 15 is 0 Å². The van der Waals surface area contributed by atoms with Crippen molar-refractivity contribution in [2.75, 3.05) is 11.5 Å². The molecule has 0 saturated heterocycles. The van der Waals surface area contributed by atoms with Crippen LogP contribution in [-0.2, 0) is 0 Å². The van der Waals surface area contributed by atoms with Gasteiger partial charge in [0.15, 0.2) is 0 Å². The molecule has 108 valence electrons. The summed E-state index contributed by atoms with van der Waals surface area (Å²) in [5.74, 6) is 0. The number of rotatable bonds is 3. The number of anilines is 2. The molecule has 0 spiro atoms. The zero-order valence-corrected chi connectivity index (χ0v) is 12.0. The van der Waals surface area contributed by atoms with E-state index in [1.807, 2.05) is 60.7 Å². The zero-order valence-electron chi connectivity index (χ0n) is 12.0. The molecule has 0 aliphatic carbocycles. The monoisotopic (exact) mass is 288 g/mol. The first-order valence-electron chi connectivity index (χ1n) is 6.94. The van der Waals surface area contributed by atoms with E-state index < -0.39 is 0 Å². The van der Waals surface area contributed by atoms with Gasteiger partial charge in [-0.15, -0.1) is 0 Å². The summed E-state index contributed by atoms with van der Waals surface area (Å²) in [6.45, 7) is 0. The molecule has 0 radical (unpaired) electrons. The molecule has 0 aliphatic rings. The van der Waals surface area contributed by atoms with Crippen molar-refractivity contribution >= 4 is 22.7 Å². The van der Waals surface area contributed by atoms with Crippen molar-refractivity contribution in [2.45, 2.75) is 0 Å². The van der Waals surface area contributed by atoms with Crippen molar-refractivity contribution in [3.05, 3.63) is 72.8 Å². The highest BCUT2D eigenvalue weighted by atomic mass is 15.1. The molecule has 0 fully saturated rings. The third-order valence-electron chi connectivity index (χ3n) is 3.29. The number of azo groups is 1. The third-order valence-corrected chi connectivity index (χ3v) is 3.29. The van der Waals surface area contributed by atoms with E-state index in [1.165, 1.54) is 0 Å². The molecule has 4 heteroatoms. The fraction of sp³-hybridized carbons (Fsp3) is 0. The van der Waals surface area contributed by atoms with E-state index in [-0.39, 0.29) is 0 Å². The quantitative estimate of drug-likeness (QED) is 0.529. The second-order valence-electron chi connectivity index (χ2n) is 4.96. The molecule has 0 unspecified atom stereocenters. The maximum atomic E-state index is 5.70. The molecule has 0 aliphatic heterocycles. The lowest BCUT2D eigenvalue weighted by molar-refractivity contribution is 1.23. The maximum Gasteiger partial charge on any atom is 0.0858 e. The van der Waals surface area contributed by atoms with Crippen LogP contribution in [0.4, 0.5) is 22.7 Å². The minimum Gasteiger partial charge on any atom is -0.399 e. The molecule has 22 heavy (non-hydrogen) atoms. The molecule has 4 nitrogen and oxygen atoms in total. The molecule has 3 aromatic rings. The molecular formula is C18H16N4. The fourth-order valence-corrected chi connectivity index (χ4v) is 2.05. The largest absolute Gasteiger partial charge is 0.399 e. The van der Waals surface area contributed by atoms with Crippen LogP contribution < -0.4 is 11.5 Å². The smallest absolute Gasteiger partial charge is 0.0858 e. The Balaban J connectivity index is 1.76. The molecule has 3 aromatic carbocycles. The summed E-state index contributed by atoms with van der Waals surface area (Å²) in [6.07, 6.45) is 0. The van der Waals surface area contributed by atoms with Gasteiger partial charge in [0.25, 0.3) is 0 Å². The van der Waals surface area contributed by atoms with E-state index in [4.69, 9.17) is 11.5 Å². The van der Waals surface area contributed by atoms with E-state index in [1.54, 1.807) is 12.1 Å². The number of benzene rings is 3. The topological polar surface area (TPSA) is 76.8 Å². The maximum absolute atomic E-state index is 5.70. The summed E-state index contributed by atoms with van der Waals surface area (Å²) in [5, 5.41) is 8.40. The van der Waals surface area contributed by atoms with E-state index in [2.05, 4.69) is 10.2 Å². The normalized spacial score (nSPS) is 10.9. The summed E-state index contributed by atoms with van der Waals surface area (Å²) in [7, 11) is 0. The van der Waals surface area contributed by atoms with E-state index in [0.717, 1.165) is 28.2 Å². The molecule has 0 amide bonds. The number of hydrogen-bond donors (Lipinski definition) is 2. The van der Waals surface area contributed by atoms with Crippen LogP contribution in [0.15, 0.2) is 83.0 Å². The highest BCUT2D eigenvalue weighted by Gasteiger charge is 1.98. The standard InChI is InChI=1S/C18H16N4/c19-15-5-1-13(2-6-15)14-3-9-17(10-4-14)21-22-18-11-7-16(20)8-12-18/h1-12H,19-20H2. The van der Waals surface area contributed by atoms with Crippen LogP contribution in [0.25, 0.3) is 11.1 Å². The van der Waals surface area contributed by atoms with Gasteiger partial charge in [-0.1, -0.05) is 24.3 Å². The van der Waals surface area contributed by atoms with Crippen LogP contribution in [0.5, 0.6) is 0 Å². The lowest BCUT2D eigenvalue weighted by Crippen LogP contribution is -1.83. The van der Waals surface area contributed by atoms with Crippen molar-refractivity contribution < 1.29 is 0 Å². The predicted octanol–water partition coefficient (Wildman–Crippen LogP) is 4.93. The number of nitrogens with two attached hydrogens (primary N) is 2. The average molecular weight is 288 g/mol. The van der Waals surface area contributed by atoms with Gasteiger partial charge < -0.3 is 11.5 Å². The van der Waals surface area contributed by atoms with Crippen LogP contribution >= 0.6 is 0 Å². The summed E-state index contributed by atoms with van der Waals surface area (Å²) in [5.41, 5.74) is 16.6. The Morgan fingerprint density at radius 2 is 0.773 bits per heavy atom. The Labute approximate surface area is 129 Å². The summed E-state index contributed by atoms with van der Waals surface area (Å²) < 4.78 is 0. The van der Waals surface area contributed by atoms with Gasteiger partial charge >= 0.3 is 0 Å². The van der Waals surface area contributed by atoms with Gasteiger partial charge in [-0.3, -0.25) is 0 Å². The van der Waals surface area contributed by atoms with Crippen LogP contribution in [0.1, 0.15) is 0 Å². The van der Waals surface area contributed by atoms with Gasteiger partial charge in [0, 0.05) is 11.4 Å². The van der Waals surface area contributed by atoms with Crippen LogP contribution in [0.2, 0.25) is 0 Å². The van der Waals surface area contributed by atoms with Crippen molar-refractivity contribution in [3.8, 4) is 11.1 Å². The van der Waals surface area contributed by atoms with Gasteiger partial charge in [0.05, 0.1) is 11.4 Å². The molecule has 0 saturated carbocycles. The van der Waals surface area contributed by atoms with Crippen molar-refractivity contribution in [1.82, 2.24) is 0 Å². The SMILES string of the molecule is Nc1ccc(N=Nc2ccc(-c3ccc(N)cc3)cc2)cc1. The third kappa shape index (κ3) is 3.30. The molecule has 0 aromatic heterocycles.